The van der Waals surface area contributed by atoms with Gasteiger partial charge in [-0.2, -0.15) is 0 Å². The zero-order valence-corrected chi connectivity index (χ0v) is 11.3. The Morgan fingerprint density at radius 3 is 2.67 bits per heavy atom. The van der Waals surface area contributed by atoms with Crippen molar-refractivity contribution < 1.29 is 0 Å². The fourth-order valence-corrected chi connectivity index (χ4v) is 2.97. The summed E-state index contributed by atoms with van der Waals surface area (Å²) in [4.78, 5) is 0. The van der Waals surface area contributed by atoms with Gasteiger partial charge in [-0.3, -0.25) is 0 Å². The predicted molar refractivity (Wildman–Crippen MR) is 72.9 cm³/mol. The van der Waals surface area contributed by atoms with Gasteiger partial charge < -0.3 is 5.32 Å². The van der Waals surface area contributed by atoms with E-state index in [1.165, 1.54) is 28.4 Å². The van der Waals surface area contributed by atoms with E-state index in [1.54, 1.807) is 0 Å². The molecule has 1 nitrogen and oxygen atoms in total. The topological polar surface area (TPSA) is 12.0 Å². The zero-order valence-electron chi connectivity index (χ0n) is 9.17. The summed E-state index contributed by atoms with van der Waals surface area (Å²) < 4.78 is 1.40. The predicted octanol–water partition coefficient (Wildman–Crippen LogP) is 3.74. The summed E-state index contributed by atoms with van der Waals surface area (Å²) in [6.45, 7) is 3.26. The molecule has 15 heavy (non-hydrogen) atoms. The fraction of sp³-hybridized carbons (Fsp3) is 0.538. The van der Waals surface area contributed by atoms with Crippen molar-refractivity contribution in [3.05, 3.63) is 33.4 Å². The fourth-order valence-electron chi connectivity index (χ4n) is 2.25. The Morgan fingerprint density at radius 2 is 2.13 bits per heavy atom. The maximum atomic E-state index is 3.64. The molecule has 1 saturated carbocycles. The van der Waals surface area contributed by atoms with Crippen LogP contribution in [0.15, 0.2) is 24.3 Å². The van der Waals surface area contributed by atoms with Crippen molar-refractivity contribution in [2.45, 2.75) is 32.2 Å². The molecule has 0 radical (unpaired) electrons. The van der Waals surface area contributed by atoms with Crippen LogP contribution in [-0.2, 0) is 0 Å². The van der Waals surface area contributed by atoms with Gasteiger partial charge in [0.1, 0.15) is 0 Å². The highest BCUT2D eigenvalue weighted by atomic mass is 127. The number of benzene rings is 1. The van der Waals surface area contributed by atoms with Crippen LogP contribution in [0.5, 0.6) is 0 Å². The molecule has 2 heteroatoms. The van der Waals surface area contributed by atoms with Gasteiger partial charge in [0.05, 0.1) is 0 Å². The smallest absolute Gasteiger partial charge is 0.0359 e. The van der Waals surface area contributed by atoms with Gasteiger partial charge in [-0.05, 0) is 59.5 Å². The standard InChI is InChI=1S/C13H18IN/c1-2-15-13(10-6-5-7-10)11-8-3-4-9-12(11)14/h3-4,8-10,13,15H,2,5-7H2,1H3. The van der Waals surface area contributed by atoms with E-state index in [0.29, 0.717) is 6.04 Å². The number of hydrogen-bond acceptors (Lipinski definition) is 1. The van der Waals surface area contributed by atoms with Crippen molar-refractivity contribution in [3.63, 3.8) is 0 Å². The normalized spacial score (nSPS) is 18.5. The van der Waals surface area contributed by atoms with E-state index >= 15 is 0 Å². The van der Waals surface area contributed by atoms with Crippen LogP contribution >= 0.6 is 22.6 Å². The summed E-state index contributed by atoms with van der Waals surface area (Å²) >= 11 is 2.45. The Morgan fingerprint density at radius 1 is 1.40 bits per heavy atom. The summed E-state index contributed by atoms with van der Waals surface area (Å²) in [6, 6.07) is 9.33. The minimum absolute atomic E-state index is 0.580. The minimum Gasteiger partial charge on any atom is -0.310 e. The number of rotatable bonds is 4. The molecule has 0 aliphatic heterocycles. The van der Waals surface area contributed by atoms with Crippen molar-refractivity contribution in [3.8, 4) is 0 Å². The first-order valence-corrected chi connectivity index (χ1v) is 6.88. The highest BCUT2D eigenvalue weighted by Crippen LogP contribution is 2.38. The second-order valence-electron chi connectivity index (χ2n) is 4.25. The third-order valence-corrected chi connectivity index (χ3v) is 4.27. The van der Waals surface area contributed by atoms with Gasteiger partial charge >= 0.3 is 0 Å². The van der Waals surface area contributed by atoms with Gasteiger partial charge in [0.2, 0.25) is 0 Å². The third-order valence-electron chi connectivity index (χ3n) is 3.29. The van der Waals surface area contributed by atoms with Crippen LogP contribution in [-0.4, -0.2) is 6.54 Å². The average Bonchev–Trinajstić information content (AvgIpc) is 2.15. The summed E-state index contributed by atoms with van der Waals surface area (Å²) in [5.74, 6) is 0.862. The molecule has 2 rings (SSSR count). The van der Waals surface area contributed by atoms with Crippen LogP contribution < -0.4 is 5.32 Å². The van der Waals surface area contributed by atoms with E-state index < -0.39 is 0 Å². The molecule has 1 unspecified atom stereocenters. The number of halogens is 1. The lowest BCUT2D eigenvalue weighted by Gasteiger charge is -2.35. The molecule has 1 atom stereocenters. The Kier molecular flexibility index (Phi) is 4.03. The van der Waals surface area contributed by atoms with Crippen molar-refractivity contribution in [2.75, 3.05) is 6.54 Å². The molecule has 0 heterocycles. The van der Waals surface area contributed by atoms with Gasteiger partial charge in [0, 0.05) is 9.61 Å². The van der Waals surface area contributed by atoms with Gasteiger partial charge in [-0.25, -0.2) is 0 Å². The zero-order chi connectivity index (χ0) is 10.7. The lowest BCUT2D eigenvalue weighted by Crippen LogP contribution is -2.32. The van der Waals surface area contributed by atoms with E-state index in [9.17, 15) is 0 Å². The van der Waals surface area contributed by atoms with Crippen molar-refractivity contribution in [1.82, 2.24) is 5.32 Å². The molecule has 0 saturated heterocycles. The van der Waals surface area contributed by atoms with Gasteiger partial charge in [-0.15, -0.1) is 0 Å². The van der Waals surface area contributed by atoms with Crippen LogP contribution in [0.2, 0.25) is 0 Å². The van der Waals surface area contributed by atoms with E-state index in [-0.39, 0.29) is 0 Å². The second kappa shape index (κ2) is 5.30. The number of nitrogens with one attached hydrogen (secondary N) is 1. The van der Waals surface area contributed by atoms with E-state index in [0.717, 1.165) is 12.5 Å². The maximum Gasteiger partial charge on any atom is 0.0359 e. The lowest BCUT2D eigenvalue weighted by molar-refractivity contribution is 0.232. The Labute approximate surface area is 106 Å². The quantitative estimate of drug-likeness (QED) is 0.835. The molecule has 1 N–H and O–H groups in total. The molecule has 1 aromatic carbocycles. The first-order chi connectivity index (χ1) is 7.33. The minimum atomic E-state index is 0.580. The van der Waals surface area contributed by atoms with Crippen LogP contribution in [0.4, 0.5) is 0 Å². The van der Waals surface area contributed by atoms with Gasteiger partial charge in [-0.1, -0.05) is 31.5 Å². The van der Waals surface area contributed by atoms with Crippen LogP contribution in [0.25, 0.3) is 0 Å². The lowest BCUT2D eigenvalue weighted by atomic mass is 9.77. The molecule has 0 spiro atoms. The van der Waals surface area contributed by atoms with E-state index in [2.05, 4.69) is 59.1 Å². The van der Waals surface area contributed by atoms with E-state index in [4.69, 9.17) is 0 Å². The first kappa shape index (κ1) is 11.4. The average molecular weight is 315 g/mol. The summed E-state index contributed by atoms with van der Waals surface area (Å²) in [6.07, 6.45) is 4.20. The Bertz CT molecular complexity index is 320. The maximum absolute atomic E-state index is 3.64. The van der Waals surface area contributed by atoms with Gasteiger partial charge in [0.25, 0.3) is 0 Å². The molecular weight excluding hydrogens is 297 g/mol. The van der Waals surface area contributed by atoms with E-state index in [1.807, 2.05) is 0 Å². The van der Waals surface area contributed by atoms with Crippen LogP contribution in [0.1, 0.15) is 37.8 Å². The molecule has 1 aromatic rings. The first-order valence-electron chi connectivity index (χ1n) is 5.80. The molecule has 0 aromatic heterocycles. The van der Waals surface area contributed by atoms with Crippen molar-refractivity contribution in [1.29, 1.82) is 0 Å². The molecular formula is C13H18IN. The van der Waals surface area contributed by atoms with Gasteiger partial charge in [0.15, 0.2) is 0 Å². The molecule has 1 aliphatic carbocycles. The van der Waals surface area contributed by atoms with Crippen molar-refractivity contribution in [2.24, 2.45) is 5.92 Å². The third kappa shape index (κ3) is 2.53. The molecule has 0 amide bonds. The molecule has 1 aliphatic rings. The monoisotopic (exact) mass is 315 g/mol. The Balaban J connectivity index is 2.19. The molecule has 1 fully saturated rings. The SMILES string of the molecule is CCNC(c1ccccc1I)C1CCC1. The molecule has 82 valence electrons. The highest BCUT2D eigenvalue weighted by Gasteiger charge is 2.28. The summed E-state index contributed by atoms with van der Waals surface area (Å²) in [5.41, 5.74) is 1.49. The number of hydrogen-bond donors (Lipinski definition) is 1. The van der Waals surface area contributed by atoms with Crippen molar-refractivity contribution >= 4 is 22.6 Å². The largest absolute Gasteiger partial charge is 0.310 e. The second-order valence-corrected chi connectivity index (χ2v) is 5.41. The Hall–Kier alpha value is -0.0900. The highest BCUT2D eigenvalue weighted by molar-refractivity contribution is 14.1. The van der Waals surface area contributed by atoms with Crippen LogP contribution in [0, 0.1) is 9.49 Å². The summed E-state index contributed by atoms with van der Waals surface area (Å²) in [7, 11) is 0. The molecule has 0 bridgehead atoms. The van der Waals surface area contributed by atoms with Crippen LogP contribution in [0.3, 0.4) is 0 Å². The summed E-state index contributed by atoms with van der Waals surface area (Å²) in [5, 5.41) is 3.64.